The van der Waals surface area contributed by atoms with Gasteiger partial charge in [-0.15, -0.1) is 0 Å². The summed E-state index contributed by atoms with van der Waals surface area (Å²) in [6.45, 7) is 2.27. The molecule has 0 aromatic heterocycles. The molecule has 0 bridgehead atoms. The molecule has 4 heteroatoms. The van der Waals surface area contributed by atoms with Gasteiger partial charge in [-0.2, -0.15) is 13.2 Å². The standard InChI is InChI=1S/C22H34F4/c1-2-3-15-4-6-16(7-5-15)17-8-10-18(11-9-17)19-12-13-20(21(23)14-19)22(24,25)26/h10,15-17,19-21H,2-9,11-14H2,1H3. The lowest BCUT2D eigenvalue weighted by Crippen LogP contribution is -2.37. The third-order valence-corrected chi connectivity index (χ3v) is 7.46. The van der Waals surface area contributed by atoms with Gasteiger partial charge in [-0.25, -0.2) is 4.39 Å². The van der Waals surface area contributed by atoms with Crippen molar-refractivity contribution < 1.29 is 17.6 Å². The van der Waals surface area contributed by atoms with E-state index in [1.807, 2.05) is 0 Å². The van der Waals surface area contributed by atoms with Crippen molar-refractivity contribution in [3.8, 4) is 0 Å². The molecule has 0 aromatic carbocycles. The second kappa shape index (κ2) is 8.65. The van der Waals surface area contributed by atoms with Crippen molar-refractivity contribution in [2.75, 3.05) is 0 Å². The van der Waals surface area contributed by atoms with Crippen molar-refractivity contribution in [2.24, 2.45) is 29.6 Å². The summed E-state index contributed by atoms with van der Waals surface area (Å²) in [5.74, 6) is 0.805. The summed E-state index contributed by atoms with van der Waals surface area (Å²) in [5, 5.41) is 0. The normalized spacial score (nSPS) is 39.5. The van der Waals surface area contributed by atoms with E-state index in [1.54, 1.807) is 0 Å². The number of hydrogen-bond acceptors (Lipinski definition) is 0. The van der Waals surface area contributed by atoms with Gasteiger partial charge in [0, 0.05) is 0 Å². The molecule has 4 atom stereocenters. The first-order valence-electron chi connectivity index (χ1n) is 10.8. The van der Waals surface area contributed by atoms with E-state index < -0.39 is 18.3 Å². The van der Waals surface area contributed by atoms with Crippen LogP contribution < -0.4 is 0 Å². The Bertz CT molecular complexity index is 473. The molecule has 2 saturated carbocycles. The molecule has 0 aromatic rings. The first-order valence-corrected chi connectivity index (χ1v) is 10.8. The first-order chi connectivity index (χ1) is 12.4. The van der Waals surface area contributed by atoms with Gasteiger partial charge >= 0.3 is 6.18 Å². The summed E-state index contributed by atoms with van der Waals surface area (Å²) in [4.78, 5) is 0. The average molecular weight is 375 g/mol. The molecule has 26 heavy (non-hydrogen) atoms. The van der Waals surface area contributed by atoms with Gasteiger partial charge in [-0.05, 0) is 75.0 Å². The molecular formula is C22H34F4. The van der Waals surface area contributed by atoms with E-state index in [2.05, 4.69) is 13.0 Å². The maximum atomic E-state index is 14.1. The number of rotatable bonds is 4. The van der Waals surface area contributed by atoms with E-state index >= 15 is 0 Å². The SMILES string of the molecule is CCCC1CCC(C2CC=C(C3CCC(C(F)(F)F)C(F)C3)CC2)CC1. The van der Waals surface area contributed by atoms with Crippen LogP contribution in [0.5, 0.6) is 0 Å². The van der Waals surface area contributed by atoms with Crippen molar-refractivity contribution >= 4 is 0 Å². The van der Waals surface area contributed by atoms with Crippen molar-refractivity contribution in [3.05, 3.63) is 11.6 Å². The monoisotopic (exact) mass is 374 g/mol. The van der Waals surface area contributed by atoms with Crippen molar-refractivity contribution in [1.82, 2.24) is 0 Å². The lowest BCUT2D eigenvalue weighted by molar-refractivity contribution is -0.200. The first kappa shape index (κ1) is 20.2. The van der Waals surface area contributed by atoms with E-state index in [0.717, 1.165) is 37.0 Å². The molecule has 0 nitrogen and oxygen atoms in total. The van der Waals surface area contributed by atoms with Gasteiger partial charge in [-0.3, -0.25) is 0 Å². The van der Waals surface area contributed by atoms with Gasteiger partial charge in [0.05, 0.1) is 5.92 Å². The highest BCUT2D eigenvalue weighted by Crippen LogP contribution is 2.46. The summed E-state index contributed by atoms with van der Waals surface area (Å²) in [5.41, 5.74) is 1.25. The zero-order valence-electron chi connectivity index (χ0n) is 16.0. The molecule has 3 rings (SSSR count). The molecule has 150 valence electrons. The highest BCUT2D eigenvalue weighted by molar-refractivity contribution is 5.13. The van der Waals surface area contributed by atoms with Gasteiger partial charge in [0.2, 0.25) is 0 Å². The van der Waals surface area contributed by atoms with Crippen LogP contribution in [-0.2, 0) is 0 Å². The number of alkyl halides is 4. The fraction of sp³-hybridized carbons (Fsp3) is 0.909. The molecule has 3 aliphatic carbocycles. The summed E-state index contributed by atoms with van der Waals surface area (Å²) in [7, 11) is 0. The van der Waals surface area contributed by atoms with Crippen LogP contribution >= 0.6 is 0 Å². The van der Waals surface area contributed by atoms with Gasteiger partial charge in [-0.1, -0.05) is 44.3 Å². The third kappa shape index (κ3) is 4.84. The predicted octanol–water partition coefficient (Wildman–Crippen LogP) is 7.64. The van der Waals surface area contributed by atoms with Gasteiger partial charge in [0.25, 0.3) is 0 Å². The fourth-order valence-electron chi connectivity index (χ4n) is 5.85. The van der Waals surface area contributed by atoms with Gasteiger partial charge in [0.1, 0.15) is 6.17 Å². The smallest absolute Gasteiger partial charge is 0.247 e. The van der Waals surface area contributed by atoms with Crippen LogP contribution in [-0.4, -0.2) is 12.3 Å². The second-order valence-corrected chi connectivity index (χ2v) is 9.06. The molecule has 0 saturated heterocycles. The Hall–Kier alpha value is -0.540. The number of hydrogen-bond donors (Lipinski definition) is 0. The summed E-state index contributed by atoms with van der Waals surface area (Å²) in [6, 6.07) is 0. The Morgan fingerprint density at radius 3 is 2.23 bits per heavy atom. The Morgan fingerprint density at radius 2 is 1.69 bits per heavy atom. The lowest BCUT2D eigenvalue weighted by Gasteiger charge is -2.38. The molecule has 4 unspecified atom stereocenters. The zero-order valence-corrected chi connectivity index (χ0v) is 16.0. The Morgan fingerprint density at radius 1 is 0.962 bits per heavy atom. The molecule has 3 aliphatic rings. The molecule has 0 radical (unpaired) electrons. The summed E-state index contributed by atoms with van der Waals surface area (Å²) < 4.78 is 52.6. The summed E-state index contributed by atoms with van der Waals surface area (Å²) >= 11 is 0. The van der Waals surface area contributed by atoms with Crippen LogP contribution in [0, 0.1) is 29.6 Å². The second-order valence-electron chi connectivity index (χ2n) is 9.06. The Kier molecular flexibility index (Phi) is 6.72. The third-order valence-electron chi connectivity index (χ3n) is 7.46. The fourth-order valence-corrected chi connectivity index (χ4v) is 5.85. The van der Waals surface area contributed by atoms with E-state index in [9.17, 15) is 17.6 Å². The molecule has 0 heterocycles. The van der Waals surface area contributed by atoms with Crippen LogP contribution in [0.1, 0.15) is 84.0 Å². The minimum absolute atomic E-state index is 0.0441. The minimum Gasteiger partial charge on any atom is -0.247 e. The average Bonchev–Trinajstić information content (AvgIpc) is 2.62. The largest absolute Gasteiger partial charge is 0.394 e. The van der Waals surface area contributed by atoms with Crippen molar-refractivity contribution in [2.45, 2.75) is 96.3 Å². The molecule has 0 N–H and O–H groups in total. The zero-order chi connectivity index (χ0) is 18.7. The topological polar surface area (TPSA) is 0 Å². The van der Waals surface area contributed by atoms with Crippen molar-refractivity contribution in [3.63, 3.8) is 0 Å². The Balaban J connectivity index is 1.48. The van der Waals surface area contributed by atoms with Crippen molar-refractivity contribution in [1.29, 1.82) is 0 Å². The van der Waals surface area contributed by atoms with E-state index in [0.29, 0.717) is 6.42 Å². The highest BCUT2D eigenvalue weighted by atomic mass is 19.4. The number of halogens is 4. The van der Waals surface area contributed by atoms with E-state index in [1.165, 1.54) is 44.1 Å². The quantitative estimate of drug-likeness (QED) is 0.350. The molecule has 0 spiro atoms. The molecule has 0 amide bonds. The van der Waals surface area contributed by atoms with Crippen LogP contribution in [0.4, 0.5) is 17.6 Å². The maximum absolute atomic E-state index is 14.1. The van der Waals surface area contributed by atoms with Gasteiger partial charge < -0.3 is 0 Å². The van der Waals surface area contributed by atoms with E-state index in [-0.39, 0.29) is 18.8 Å². The minimum atomic E-state index is -4.38. The molecule has 2 fully saturated rings. The molecular weight excluding hydrogens is 340 g/mol. The Labute approximate surface area is 155 Å². The van der Waals surface area contributed by atoms with Gasteiger partial charge in [0.15, 0.2) is 0 Å². The van der Waals surface area contributed by atoms with Crippen LogP contribution in [0.15, 0.2) is 11.6 Å². The van der Waals surface area contributed by atoms with Crippen LogP contribution in [0.3, 0.4) is 0 Å². The predicted molar refractivity (Wildman–Crippen MR) is 97.6 cm³/mol. The van der Waals surface area contributed by atoms with E-state index in [4.69, 9.17) is 0 Å². The molecule has 0 aliphatic heterocycles. The van der Waals surface area contributed by atoms with Crippen LogP contribution in [0.2, 0.25) is 0 Å². The highest BCUT2D eigenvalue weighted by Gasteiger charge is 2.48. The summed E-state index contributed by atoms with van der Waals surface area (Å²) in [6.07, 6.45) is 8.00. The van der Waals surface area contributed by atoms with Crippen LogP contribution in [0.25, 0.3) is 0 Å². The maximum Gasteiger partial charge on any atom is 0.394 e. The number of allylic oxidation sites excluding steroid dienone is 2. The lowest BCUT2D eigenvalue weighted by atomic mass is 9.68.